The summed E-state index contributed by atoms with van der Waals surface area (Å²) in [5, 5.41) is 3.50. The van der Waals surface area contributed by atoms with Crippen molar-refractivity contribution in [3.05, 3.63) is 0 Å². The normalized spacial score (nSPS) is 26.9. The number of hydrogen-bond acceptors (Lipinski definition) is 3. The summed E-state index contributed by atoms with van der Waals surface area (Å²) < 4.78 is 24.1. The van der Waals surface area contributed by atoms with Gasteiger partial charge in [0.15, 0.2) is 0 Å². The molecule has 4 nitrogen and oxygen atoms in total. The van der Waals surface area contributed by atoms with Crippen LogP contribution in [0.5, 0.6) is 0 Å². The summed E-state index contributed by atoms with van der Waals surface area (Å²) >= 11 is 0. The molecule has 0 aromatic rings. The van der Waals surface area contributed by atoms with Crippen molar-refractivity contribution < 1.29 is 8.42 Å². The lowest BCUT2D eigenvalue weighted by molar-refractivity contribution is 0.301. The summed E-state index contributed by atoms with van der Waals surface area (Å²) in [6.07, 6.45) is 7.26. The summed E-state index contributed by atoms with van der Waals surface area (Å²) in [4.78, 5) is 0. The molecule has 96 valence electrons. The first-order chi connectivity index (χ1) is 7.47. The van der Waals surface area contributed by atoms with Crippen molar-refractivity contribution >= 4 is 10.0 Å². The Morgan fingerprint density at radius 3 is 2.62 bits per heavy atom. The standard InChI is InChI=1S/C11H24N2O2S/c1-10-5-3-6-11(9-10)12-7-4-8-13-16(2,14)15/h10-13H,3-9H2,1-2H3. The van der Waals surface area contributed by atoms with Gasteiger partial charge < -0.3 is 5.32 Å². The summed E-state index contributed by atoms with van der Waals surface area (Å²) in [6, 6.07) is 0.641. The van der Waals surface area contributed by atoms with E-state index in [-0.39, 0.29) is 0 Å². The third kappa shape index (κ3) is 6.45. The van der Waals surface area contributed by atoms with Crippen LogP contribution < -0.4 is 10.0 Å². The fourth-order valence-corrected chi connectivity index (χ4v) is 2.79. The van der Waals surface area contributed by atoms with Crippen LogP contribution in [0.25, 0.3) is 0 Å². The van der Waals surface area contributed by atoms with Gasteiger partial charge in [0.1, 0.15) is 0 Å². The second-order valence-electron chi connectivity index (χ2n) is 4.94. The van der Waals surface area contributed by atoms with Gasteiger partial charge in [0, 0.05) is 12.6 Å². The van der Waals surface area contributed by atoms with Gasteiger partial charge in [-0.1, -0.05) is 19.8 Å². The molecule has 0 aliphatic heterocycles. The molecule has 0 spiro atoms. The van der Waals surface area contributed by atoms with E-state index in [0.29, 0.717) is 12.6 Å². The van der Waals surface area contributed by atoms with Crippen LogP contribution in [0, 0.1) is 5.92 Å². The van der Waals surface area contributed by atoms with Gasteiger partial charge in [0.25, 0.3) is 0 Å². The zero-order chi connectivity index (χ0) is 12.0. The van der Waals surface area contributed by atoms with Gasteiger partial charge in [-0.15, -0.1) is 0 Å². The van der Waals surface area contributed by atoms with Crippen LogP contribution in [0.3, 0.4) is 0 Å². The molecule has 2 atom stereocenters. The van der Waals surface area contributed by atoms with Gasteiger partial charge in [0.05, 0.1) is 6.26 Å². The molecule has 1 saturated carbocycles. The Hall–Kier alpha value is -0.130. The van der Waals surface area contributed by atoms with Gasteiger partial charge >= 0.3 is 0 Å². The van der Waals surface area contributed by atoms with Crippen LogP contribution in [0.4, 0.5) is 0 Å². The van der Waals surface area contributed by atoms with E-state index in [1.807, 2.05) is 0 Å². The van der Waals surface area contributed by atoms with E-state index in [9.17, 15) is 8.42 Å². The van der Waals surface area contributed by atoms with E-state index in [0.717, 1.165) is 18.9 Å². The minimum atomic E-state index is -3.02. The van der Waals surface area contributed by atoms with Crippen LogP contribution in [-0.2, 0) is 10.0 Å². The number of nitrogens with one attached hydrogen (secondary N) is 2. The zero-order valence-electron chi connectivity index (χ0n) is 10.3. The highest BCUT2D eigenvalue weighted by molar-refractivity contribution is 7.88. The maximum absolute atomic E-state index is 10.8. The SMILES string of the molecule is CC1CCCC(NCCCNS(C)(=O)=O)C1. The molecule has 0 radical (unpaired) electrons. The molecular weight excluding hydrogens is 224 g/mol. The number of hydrogen-bond donors (Lipinski definition) is 2. The third-order valence-electron chi connectivity index (χ3n) is 3.09. The van der Waals surface area contributed by atoms with E-state index < -0.39 is 10.0 Å². The van der Waals surface area contributed by atoms with E-state index >= 15 is 0 Å². The highest BCUT2D eigenvalue weighted by Crippen LogP contribution is 2.23. The molecule has 5 heteroatoms. The molecular formula is C11H24N2O2S. The predicted octanol–water partition coefficient (Wildman–Crippen LogP) is 1.09. The maximum atomic E-state index is 10.8. The molecule has 0 aromatic heterocycles. The first-order valence-corrected chi connectivity index (χ1v) is 8.04. The fraction of sp³-hybridized carbons (Fsp3) is 1.00. The second kappa shape index (κ2) is 6.57. The average Bonchev–Trinajstić information content (AvgIpc) is 2.15. The van der Waals surface area contributed by atoms with Crippen molar-refractivity contribution in [2.24, 2.45) is 5.92 Å². The number of rotatable bonds is 6. The summed E-state index contributed by atoms with van der Waals surface area (Å²) in [7, 11) is -3.02. The minimum absolute atomic E-state index is 0.536. The molecule has 0 amide bonds. The molecule has 0 heterocycles. The monoisotopic (exact) mass is 248 g/mol. The first kappa shape index (κ1) is 13.9. The Morgan fingerprint density at radius 2 is 2.00 bits per heavy atom. The van der Waals surface area contributed by atoms with E-state index in [2.05, 4.69) is 17.0 Å². The lowest BCUT2D eigenvalue weighted by Crippen LogP contribution is -2.35. The van der Waals surface area contributed by atoms with Gasteiger partial charge in [-0.3, -0.25) is 0 Å². The Labute approximate surface area is 99.2 Å². The summed E-state index contributed by atoms with van der Waals surface area (Å²) in [5.41, 5.74) is 0. The Kier molecular flexibility index (Phi) is 5.72. The van der Waals surface area contributed by atoms with Crippen LogP contribution in [0.1, 0.15) is 39.0 Å². The van der Waals surface area contributed by atoms with Gasteiger partial charge in [-0.05, 0) is 31.7 Å². The van der Waals surface area contributed by atoms with Crippen LogP contribution in [0.2, 0.25) is 0 Å². The largest absolute Gasteiger partial charge is 0.314 e. The second-order valence-corrected chi connectivity index (χ2v) is 6.78. The topological polar surface area (TPSA) is 58.2 Å². The summed E-state index contributed by atoms with van der Waals surface area (Å²) in [6.45, 7) is 3.74. The molecule has 0 saturated heterocycles. The Morgan fingerprint density at radius 1 is 1.25 bits per heavy atom. The smallest absolute Gasteiger partial charge is 0.208 e. The lowest BCUT2D eigenvalue weighted by atomic mass is 9.87. The van der Waals surface area contributed by atoms with Gasteiger partial charge in [-0.2, -0.15) is 0 Å². The van der Waals surface area contributed by atoms with Crippen LogP contribution in [0.15, 0.2) is 0 Å². The quantitative estimate of drug-likeness (QED) is 0.692. The third-order valence-corrected chi connectivity index (χ3v) is 3.82. The van der Waals surface area contributed by atoms with Crippen molar-refractivity contribution in [3.63, 3.8) is 0 Å². The van der Waals surface area contributed by atoms with Gasteiger partial charge in [-0.25, -0.2) is 13.1 Å². The fourth-order valence-electron chi connectivity index (χ4n) is 2.27. The van der Waals surface area contributed by atoms with Crippen molar-refractivity contribution in [1.29, 1.82) is 0 Å². The predicted molar refractivity (Wildman–Crippen MR) is 66.9 cm³/mol. The molecule has 0 aromatic carbocycles. The first-order valence-electron chi connectivity index (χ1n) is 6.15. The van der Waals surface area contributed by atoms with E-state index in [1.54, 1.807) is 0 Å². The average molecular weight is 248 g/mol. The van der Waals surface area contributed by atoms with Crippen molar-refractivity contribution in [2.45, 2.75) is 45.1 Å². The zero-order valence-corrected chi connectivity index (χ0v) is 11.1. The molecule has 0 bridgehead atoms. The van der Waals surface area contributed by atoms with E-state index in [4.69, 9.17) is 0 Å². The van der Waals surface area contributed by atoms with Crippen LogP contribution >= 0.6 is 0 Å². The van der Waals surface area contributed by atoms with Crippen molar-refractivity contribution in [2.75, 3.05) is 19.3 Å². The van der Waals surface area contributed by atoms with Crippen molar-refractivity contribution in [1.82, 2.24) is 10.0 Å². The molecule has 1 rings (SSSR count). The summed E-state index contributed by atoms with van der Waals surface area (Å²) in [5.74, 6) is 0.834. The Balaban J connectivity index is 2.02. The maximum Gasteiger partial charge on any atom is 0.208 e. The highest BCUT2D eigenvalue weighted by atomic mass is 32.2. The number of sulfonamides is 1. The Bertz CT molecular complexity index is 290. The van der Waals surface area contributed by atoms with Gasteiger partial charge in [0.2, 0.25) is 10.0 Å². The molecule has 1 fully saturated rings. The molecule has 1 aliphatic rings. The molecule has 2 unspecified atom stereocenters. The van der Waals surface area contributed by atoms with E-state index in [1.165, 1.54) is 31.9 Å². The minimum Gasteiger partial charge on any atom is -0.314 e. The molecule has 16 heavy (non-hydrogen) atoms. The lowest BCUT2D eigenvalue weighted by Gasteiger charge is -2.27. The molecule has 2 N–H and O–H groups in total. The van der Waals surface area contributed by atoms with Crippen LogP contribution in [-0.4, -0.2) is 33.8 Å². The highest BCUT2D eigenvalue weighted by Gasteiger charge is 2.17. The van der Waals surface area contributed by atoms with Crippen molar-refractivity contribution in [3.8, 4) is 0 Å². The molecule has 1 aliphatic carbocycles.